The first-order valence-electron chi connectivity index (χ1n) is 5.43. The van der Waals surface area contributed by atoms with E-state index in [1.54, 1.807) is 0 Å². The first kappa shape index (κ1) is 14.7. The van der Waals surface area contributed by atoms with Gasteiger partial charge in [0.15, 0.2) is 0 Å². The number of hydrogen-bond donors (Lipinski definition) is 3. The average molecular weight is 313 g/mol. The number of hydrogen-bond acceptors (Lipinski definition) is 8. The lowest BCUT2D eigenvalue weighted by molar-refractivity contribution is 0.101. The summed E-state index contributed by atoms with van der Waals surface area (Å²) in [5.74, 6) is -0.710. The molecule has 21 heavy (non-hydrogen) atoms. The predicted molar refractivity (Wildman–Crippen MR) is 71.0 cm³/mol. The van der Waals surface area contributed by atoms with E-state index in [-0.39, 0.29) is 27.8 Å². The van der Waals surface area contributed by atoms with Gasteiger partial charge >= 0.3 is 0 Å². The number of nitrogens with two attached hydrogens (primary N) is 2. The smallest absolute Gasteiger partial charge is 0.281 e. The number of carbonyl (C=O) groups excluding carboxylic acids is 1. The summed E-state index contributed by atoms with van der Waals surface area (Å²) in [4.78, 5) is 11.7. The Balaban J connectivity index is 2.38. The fourth-order valence-electron chi connectivity index (χ4n) is 1.50. The molecule has 0 aliphatic rings. The van der Waals surface area contributed by atoms with Crippen molar-refractivity contribution in [2.45, 2.75) is 4.90 Å². The summed E-state index contributed by atoms with van der Waals surface area (Å²) in [6.45, 7) is 0. The van der Waals surface area contributed by atoms with Gasteiger partial charge in [-0.1, -0.05) is 0 Å². The van der Waals surface area contributed by atoms with Gasteiger partial charge in [-0.05, 0) is 28.5 Å². The van der Waals surface area contributed by atoms with Gasteiger partial charge in [-0.2, -0.15) is 0 Å². The number of aromatic nitrogens is 2. The van der Waals surface area contributed by atoms with Crippen LogP contribution in [-0.4, -0.2) is 31.7 Å². The number of amides is 1. The Hall–Kier alpha value is -2.66. The quantitative estimate of drug-likeness (QED) is 0.683. The summed E-state index contributed by atoms with van der Waals surface area (Å²) in [6, 6.07) is 3.74. The fourth-order valence-corrected chi connectivity index (χ4v) is 2.04. The number of nitrogens with zero attached hydrogens (tertiary/aromatic N) is 2. The van der Waals surface area contributed by atoms with E-state index in [0.29, 0.717) is 0 Å². The van der Waals surface area contributed by atoms with Crippen molar-refractivity contribution < 1.29 is 22.6 Å². The molecule has 0 atom stereocenters. The van der Waals surface area contributed by atoms with Gasteiger partial charge in [0.2, 0.25) is 21.5 Å². The Morgan fingerprint density at radius 2 is 2.10 bits per heavy atom. The van der Waals surface area contributed by atoms with E-state index in [4.69, 9.17) is 15.6 Å². The normalized spacial score (nSPS) is 11.1. The molecule has 5 N–H and O–H groups in total. The van der Waals surface area contributed by atoms with Crippen LogP contribution in [0.25, 0.3) is 0 Å². The van der Waals surface area contributed by atoms with Crippen LogP contribution in [0.5, 0.6) is 5.75 Å². The molecule has 0 spiro atoms. The molecule has 0 saturated carbocycles. The summed E-state index contributed by atoms with van der Waals surface area (Å²) < 4.78 is 32.0. The third-order valence-electron chi connectivity index (χ3n) is 2.48. The highest BCUT2D eigenvalue weighted by atomic mass is 32.2. The number of nitrogens with one attached hydrogen (secondary N) is 1. The van der Waals surface area contributed by atoms with Gasteiger partial charge in [-0.3, -0.25) is 4.79 Å². The van der Waals surface area contributed by atoms with E-state index in [0.717, 1.165) is 6.07 Å². The molecule has 0 aliphatic heterocycles. The molecule has 2 rings (SSSR count). The van der Waals surface area contributed by atoms with E-state index < -0.39 is 15.9 Å². The molecule has 1 aromatic heterocycles. The first-order valence-corrected chi connectivity index (χ1v) is 6.98. The summed E-state index contributed by atoms with van der Waals surface area (Å²) in [5, 5.41) is 14.0. The number of nitrogen functional groups attached to an aromatic ring is 1. The third kappa shape index (κ3) is 3.09. The largest absolute Gasteiger partial charge is 0.495 e. The maximum Gasteiger partial charge on any atom is 0.281 e. The van der Waals surface area contributed by atoms with Gasteiger partial charge in [0.1, 0.15) is 5.75 Å². The number of primary sulfonamides is 1. The predicted octanol–water partition coefficient (Wildman–Crippen LogP) is -0.440. The molecule has 0 fully saturated rings. The number of ether oxygens (including phenoxy) is 1. The van der Waals surface area contributed by atoms with Crippen LogP contribution in [0.4, 0.5) is 11.5 Å². The number of sulfonamides is 1. The van der Waals surface area contributed by atoms with E-state index in [2.05, 4.69) is 20.3 Å². The SMILES string of the molecule is COc1ccc(S(N)(=O)=O)cc1NC(=O)c1nonc1N. The molecule has 1 aromatic carbocycles. The molecule has 0 radical (unpaired) electrons. The molecule has 0 saturated heterocycles. The summed E-state index contributed by atoms with van der Waals surface area (Å²) >= 11 is 0. The van der Waals surface area contributed by atoms with Crippen LogP contribution in [0.3, 0.4) is 0 Å². The van der Waals surface area contributed by atoms with Crippen molar-refractivity contribution in [3.63, 3.8) is 0 Å². The van der Waals surface area contributed by atoms with Crippen LogP contribution in [0.2, 0.25) is 0 Å². The van der Waals surface area contributed by atoms with E-state index in [1.165, 1.54) is 19.2 Å². The van der Waals surface area contributed by atoms with Crippen molar-refractivity contribution in [1.29, 1.82) is 0 Å². The molecule has 112 valence electrons. The van der Waals surface area contributed by atoms with Crippen molar-refractivity contribution in [1.82, 2.24) is 10.3 Å². The molecule has 0 bridgehead atoms. The maximum atomic E-state index is 11.9. The van der Waals surface area contributed by atoms with E-state index in [1.807, 2.05) is 0 Å². The number of anilines is 2. The van der Waals surface area contributed by atoms with Gasteiger partial charge in [-0.15, -0.1) is 0 Å². The molecular formula is C10H11N5O5S. The van der Waals surface area contributed by atoms with E-state index in [9.17, 15) is 13.2 Å². The first-order chi connectivity index (χ1) is 9.82. The minimum absolute atomic E-state index is 0.0800. The van der Waals surface area contributed by atoms with Gasteiger partial charge < -0.3 is 15.8 Å². The molecule has 10 nitrogen and oxygen atoms in total. The van der Waals surface area contributed by atoms with Crippen LogP contribution in [-0.2, 0) is 10.0 Å². The molecule has 1 heterocycles. The molecule has 0 aliphatic carbocycles. The monoisotopic (exact) mass is 313 g/mol. The lowest BCUT2D eigenvalue weighted by Gasteiger charge is -2.10. The van der Waals surface area contributed by atoms with Gasteiger partial charge in [0.05, 0.1) is 17.7 Å². The lowest BCUT2D eigenvalue weighted by Crippen LogP contribution is -2.16. The number of methoxy groups -OCH3 is 1. The zero-order chi connectivity index (χ0) is 15.6. The highest BCUT2D eigenvalue weighted by Gasteiger charge is 2.19. The standard InChI is InChI=1S/C10H11N5O5S/c1-19-7-3-2-5(21(12,17)18)4-6(7)13-10(16)8-9(11)15-20-14-8/h2-4H,1H3,(H2,11,15)(H,13,16)(H2,12,17,18). The Morgan fingerprint density at radius 3 is 2.62 bits per heavy atom. The van der Waals surface area contributed by atoms with Crippen LogP contribution in [0.15, 0.2) is 27.7 Å². The highest BCUT2D eigenvalue weighted by molar-refractivity contribution is 7.89. The van der Waals surface area contributed by atoms with E-state index >= 15 is 0 Å². The molecule has 2 aromatic rings. The van der Waals surface area contributed by atoms with Crippen molar-refractivity contribution >= 4 is 27.4 Å². The Labute approximate surface area is 119 Å². The average Bonchev–Trinajstić information content (AvgIpc) is 2.84. The second-order valence-electron chi connectivity index (χ2n) is 3.86. The topological polar surface area (TPSA) is 163 Å². The molecule has 11 heteroatoms. The lowest BCUT2D eigenvalue weighted by atomic mass is 10.2. The Bertz CT molecular complexity index is 785. The minimum atomic E-state index is -3.93. The van der Waals surface area contributed by atoms with Crippen molar-refractivity contribution in [2.24, 2.45) is 5.14 Å². The van der Waals surface area contributed by atoms with Crippen LogP contribution in [0, 0.1) is 0 Å². The Morgan fingerprint density at radius 1 is 1.38 bits per heavy atom. The maximum absolute atomic E-state index is 11.9. The molecule has 1 amide bonds. The van der Waals surface area contributed by atoms with Crippen molar-refractivity contribution in [3.05, 3.63) is 23.9 Å². The zero-order valence-corrected chi connectivity index (χ0v) is 11.5. The second kappa shape index (κ2) is 5.38. The minimum Gasteiger partial charge on any atom is -0.495 e. The molecular weight excluding hydrogens is 302 g/mol. The Kier molecular flexibility index (Phi) is 3.78. The summed E-state index contributed by atoms with van der Waals surface area (Å²) in [6.07, 6.45) is 0. The number of rotatable bonds is 4. The van der Waals surface area contributed by atoms with Crippen LogP contribution >= 0.6 is 0 Å². The van der Waals surface area contributed by atoms with Crippen LogP contribution in [0.1, 0.15) is 10.5 Å². The molecule has 0 unspecified atom stereocenters. The second-order valence-corrected chi connectivity index (χ2v) is 5.42. The highest BCUT2D eigenvalue weighted by Crippen LogP contribution is 2.27. The van der Waals surface area contributed by atoms with Crippen LogP contribution < -0.4 is 20.9 Å². The third-order valence-corrected chi connectivity index (χ3v) is 3.39. The summed E-state index contributed by atoms with van der Waals surface area (Å²) in [7, 11) is -2.57. The fraction of sp³-hybridized carbons (Fsp3) is 0.100. The van der Waals surface area contributed by atoms with Crippen molar-refractivity contribution in [2.75, 3.05) is 18.2 Å². The van der Waals surface area contributed by atoms with Gasteiger partial charge in [0.25, 0.3) is 5.91 Å². The number of benzene rings is 1. The van der Waals surface area contributed by atoms with Crippen molar-refractivity contribution in [3.8, 4) is 5.75 Å². The van der Waals surface area contributed by atoms with Gasteiger partial charge in [0, 0.05) is 0 Å². The zero-order valence-electron chi connectivity index (χ0n) is 10.7. The summed E-state index contributed by atoms with van der Waals surface area (Å²) in [5.41, 5.74) is 5.23. The number of carbonyl (C=O) groups is 1. The van der Waals surface area contributed by atoms with Gasteiger partial charge in [-0.25, -0.2) is 18.2 Å².